The summed E-state index contributed by atoms with van der Waals surface area (Å²) in [6, 6.07) is 4.95. The van der Waals surface area contributed by atoms with Crippen LogP contribution in [0.2, 0.25) is 0 Å². The Labute approximate surface area is 176 Å². The molecule has 7 nitrogen and oxygen atoms in total. The number of benzene rings is 1. The van der Waals surface area contributed by atoms with E-state index in [1.165, 1.54) is 20.1 Å². The molecule has 1 aromatic rings. The Morgan fingerprint density at radius 1 is 1.20 bits per heavy atom. The van der Waals surface area contributed by atoms with Crippen LogP contribution in [0.5, 0.6) is 11.5 Å². The van der Waals surface area contributed by atoms with Crippen LogP contribution in [0.15, 0.2) is 36.9 Å². The third-order valence-electron chi connectivity index (χ3n) is 5.00. The van der Waals surface area contributed by atoms with Gasteiger partial charge in [-0.05, 0) is 56.4 Å². The second-order valence-corrected chi connectivity index (χ2v) is 7.42. The molecule has 0 bridgehead atoms. The maximum absolute atomic E-state index is 12.2. The lowest BCUT2D eigenvalue weighted by Crippen LogP contribution is -2.37. The SMILES string of the molecule is C=CCOC(=O)C1(C)CCC(OC(=O)C=Cc2ccc(OC(C)=O)c(OC)c2)CC1. The van der Waals surface area contributed by atoms with Crippen molar-refractivity contribution in [1.82, 2.24) is 0 Å². The molecule has 0 heterocycles. The molecule has 1 fully saturated rings. The average Bonchev–Trinajstić information content (AvgIpc) is 2.72. The van der Waals surface area contributed by atoms with Crippen molar-refractivity contribution in [1.29, 1.82) is 0 Å². The van der Waals surface area contributed by atoms with Crippen molar-refractivity contribution in [3.05, 3.63) is 42.5 Å². The fourth-order valence-corrected chi connectivity index (χ4v) is 3.25. The number of esters is 3. The van der Waals surface area contributed by atoms with Crippen molar-refractivity contribution in [2.24, 2.45) is 5.41 Å². The predicted molar refractivity (Wildman–Crippen MR) is 111 cm³/mol. The topological polar surface area (TPSA) is 88.1 Å². The van der Waals surface area contributed by atoms with E-state index in [-0.39, 0.29) is 18.7 Å². The van der Waals surface area contributed by atoms with Crippen molar-refractivity contribution in [3.8, 4) is 11.5 Å². The van der Waals surface area contributed by atoms with Crippen molar-refractivity contribution >= 4 is 24.0 Å². The first kappa shape index (κ1) is 23.2. The monoisotopic (exact) mass is 416 g/mol. The Balaban J connectivity index is 1.89. The summed E-state index contributed by atoms with van der Waals surface area (Å²) in [6.07, 6.45) is 6.64. The maximum atomic E-state index is 12.2. The van der Waals surface area contributed by atoms with Crippen LogP contribution in [0.25, 0.3) is 6.08 Å². The minimum absolute atomic E-state index is 0.199. The summed E-state index contributed by atoms with van der Waals surface area (Å²) in [7, 11) is 1.47. The van der Waals surface area contributed by atoms with Gasteiger partial charge >= 0.3 is 17.9 Å². The molecule has 0 saturated heterocycles. The van der Waals surface area contributed by atoms with Crippen LogP contribution < -0.4 is 9.47 Å². The van der Waals surface area contributed by atoms with Gasteiger partial charge < -0.3 is 18.9 Å². The van der Waals surface area contributed by atoms with E-state index in [9.17, 15) is 14.4 Å². The first-order chi connectivity index (χ1) is 14.3. The molecule has 0 N–H and O–H groups in total. The normalized spacial score (nSPS) is 21.0. The Morgan fingerprint density at radius 2 is 1.90 bits per heavy atom. The zero-order valence-electron chi connectivity index (χ0n) is 17.6. The predicted octanol–water partition coefficient (Wildman–Crippen LogP) is 3.86. The molecule has 162 valence electrons. The van der Waals surface area contributed by atoms with E-state index in [2.05, 4.69) is 6.58 Å². The van der Waals surface area contributed by atoms with E-state index in [0.29, 0.717) is 42.7 Å². The van der Waals surface area contributed by atoms with Crippen LogP contribution in [-0.4, -0.2) is 37.7 Å². The van der Waals surface area contributed by atoms with E-state index in [4.69, 9.17) is 18.9 Å². The van der Waals surface area contributed by atoms with Crippen molar-refractivity contribution < 1.29 is 33.3 Å². The molecular weight excluding hydrogens is 388 g/mol. The van der Waals surface area contributed by atoms with Crippen molar-refractivity contribution in [2.75, 3.05) is 13.7 Å². The van der Waals surface area contributed by atoms with Gasteiger partial charge in [0.05, 0.1) is 12.5 Å². The molecule has 0 atom stereocenters. The van der Waals surface area contributed by atoms with Gasteiger partial charge in [-0.1, -0.05) is 18.7 Å². The number of carbonyl (C=O) groups excluding carboxylic acids is 3. The van der Waals surface area contributed by atoms with Crippen LogP contribution in [-0.2, 0) is 23.9 Å². The standard InChI is InChI=1S/C23H28O7/c1-5-14-28-22(26)23(3)12-10-18(11-13-23)30-21(25)9-7-17-6-8-19(29-16(2)24)20(15-17)27-4/h5-9,15,18H,1,10-14H2,2-4H3. The Hall–Kier alpha value is -3.09. The van der Waals surface area contributed by atoms with Crippen LogP contribution in [0.3, 0.4) is 0 Å². The van der Waals surface area contributed by atoms with E-state index in [1.54, 1.807) is 30.4 Å². The summed E-state index contributed by atoms with van der Waals surface area (Å²) in [5, 5.41) is 0. The smallest absolute Gasteiger partial charge is 0.331 e. The van der Waals surface area contributed by atoms with Crippen LogP contribution in [0.1, 0.15) is 45.1 Å². The molecule has 30 heavy (non-hydrogen) atoms. The second kappa shape index (κ2) is 10.6. The summed E-state index contributed by atoms with van der Waals surface area (Å²) in [5.41, 5.74) is 0.142. The molecule has 1 aliphatic carbocycles. The van der Waals surface area contributed by atoms with E-state index in [1.807, 2.05) is 6.92 Å². The molecule has 1 aromatic carbocycles. The number of ether oxygens (including phenoxy) is 4. The van der Waals surface area contributed by atoms with Crippen LogP contribution >= 0.6 is 0 Å². The molecule has 0 spiro atoms. The number of carbonyl (C=O) groups is 3. The first-order valence-corrected chi connectivity index (χ1v) is 9.80. The third kappa shape index (κ3) is 6.47. The van der Waals surface area contributed by atoms with Crippen LogP contribution in [0, 0.1) is 5.41 Å². The first-order valence-electron chi connectivity index (χ1n) is 9.80. The quantitative estimate of drug-likeness (QED) is 0.275. The van der Waals surface area contributed by atoms with Crippen LogP contribution in [0.4, 0.5) is 0 Å². The lowest BCUT2D eigenvalue weighted by Gasteiger charge is -2.34. The third-order valence-corrected chi connectivity index (χ3v) is 5.00. The maximum Gasteiger partial charge on any atom is 0.331 e. The molecule has 0 radical (unpaired) electrons. The molecule has 1 saturated carbocycles. The number of hydrogen-bond donors (Lipinski definition) is 0. The highest BCUT2D eigenvalue weighted by atomic mass is 16.6. The summed E-state index contributed by atoms with van der Waals surface area (Å²) < 4.78 is 20.9. The highest BCUT2D eigenvalue weighted by Crippen LogP contribution is 2.38. The summed E-state index contributed by atoms with van der Waals surface area (Å²) in [4.78, 5) is 35.5. The van der Waals surface area contributed by atoms with E-state index in [0.717, 1.165) is 0 Å². The van der Waals surface area contributed by atoms with Gasteiger partial charge in [0, 0.05) is 13.0 Å². The molecule has 0 aliphatic heterocycles. The van der Waals surface area contributed by atoms with Crippen molar-refractivity contribution in [3.63, 3.8) is 0 Å². The second-order valence-electron chi connectivity index (χ2n) is 7.42. The average molecular weight is 416 g/mol. The highest BCUT2D eigenvalue weighted by molar-refractivity contribution is 5.87. The summed E-state index contributed by atoms with van der Waals surface area (Å²) in [6.45, 7) is 6.93. The fourth-order valence-electron chi connectivity index (χ4n) is 3.25. The number of hydrogen-bond acceptors (Lipinski definition) is 7. The zero-order valence-corrected chi connectivity index (χ0v) is 17.6. The van der Waals surface area contributed by atoms with Gasteiger partial charge in [-0.15, -0.1) is 0 Å². The summed E-state index contributed by atoms with van der Waals surface area (Å²) in [5.74, 6) is -0.450. The Morgan fingerprint density at radius 3 is 2.50 bits per heavy atom. The van der Waals surface area contributed by atoms with Gasteiger partial charge in [-0.3, -0.25) is 9.59 Å². The molecule has 2 rings (SSSR count). The van der Waals surface area contributed by atoms with Gasteiger partial charge in [-0.25, -0.2) is 4.79 Å². The number of methoxy groups -OCH3 is 1. The molecular formula is C23H28O7. The minimum atomic E-state index is -0.554. The fraction of sp³-hybridized carbons (Fsp3) is 0.435. The van der Waals surface area contributed by atoms with Gasteiger partial charge in [0.2, 0.25) is 0 Å². The zero-order chi connectivity index (χ0) is 22.1. The minimum Gasteiger partial charge on any atom is -0.493 e. The molecule has 1 aliphatic rings. The Bertz CT molecular complexity index is 817. The lowest BCUT2D eigenvalue weighted by molar-refractivity contribution is -0.158. The van der Waals surface area contributed by atoms with Gasteiger partial charge in [-0.2, -0.15) is 0 Å². The van der Waals surface area contributed by atoms with E-state index < -0.39 is 17.4 Å². The molecule has 0 aromatic heterocycles. The van der Waals surface area contributed by atoms with Crippen molar-refractivity contribution in [2.45, 2.75) is 45.6 Å². The molecule has 0 unspecified atom stereocenters. The molecule has 0 amide bonds. The van der Waals surface area contributed by atoms with Gasteiger partial charge in [0.25, 0.3) is 0 Å². The molecule has 7 heteroatoms. The van der Waals surface area contributed by atoms with Gasteiger partial charge in [0.1, 0.15) is 12.7 Å². The lowest BCUT2D eigenvalue weighted by atomic mass is 9.74. The summed E-state index contributed by atoms with van der Waals surface area (Å²) >= 11 is 0. The van der Waals surface area contributed by atoms with E-state index >= 15 is 0 Å². The number of rotatable bonds is 8. The highest BCUT2D eigenvalue weighted by Gasteiger charge is 2.39. The Kier molecular flexibility index (Phi) is 8.21. The van der Waals surface area contributed by atoms with Gasteiger partial charge in [0.15, 0.2) is 11.5 Å². The largest absolute Gasteiger partial charge is 0.493 e.